The minimum absolute atomic E-state index is 0.0254. The van der Waals surface area contributed by atoms with E-state index in [4.69, 9.17) is 9.47 Å². The quantitative estimate of drug-likeness (QED) is 0.496. The van der Waals surface area contributed by atoms with Crippen molar-refractivity contribution in [3.05, 3.63) is 35.8 Å². The molecule has 0 unspecified atom stereocenters. The van der Waals surface area contributed by atoms with Crippen LogP contribution < -0.4 is 25.4 Å². The van der Waals surface area contributed by atoms with Crippen LogP contribution in [0.4, 0.5) is 21.7 Å². The number of aliphatic hydroxyl groups excluding tert-OH is 1. The molecule has 1 aliphatic rings. The lowest BCUT2D eigenvalue weighted by atomic mass is 10.2. The van der Waals surface area contributed by atoms with Crippen molar-refractivity contribution in [3.8, 4) is 11.5 Å². The summed E-state index contributed by atoms with van der Waals surface area (Å²) >= 11 is 0. The molecule has 1 amide bonds. The van der Waals surface area contributed by atoms with E-state index >= 15 is 0 Å². The van der Waals surface area contributed by atoms with Crippen LogP contribution in [0.15, 0.2) is 24.4 Å². The fourth-order valence-electron chi connectivity index (χ4n) is 3.16. The van der Waals surface area contributed by atoms with Crippen LogP contribution in [0.25, 0.3) is 5.65 Å². The van der Waals surface area contributed by atoms with Gasteiger partial charge in [-0.3, -0.25) is 4.79 Å². The van der Waals surface area contributed by atoms with E-state index in [1.165, 1.54) is 17.8 Å². The van der Waals surface area contributed by atoms with Crippen molar-refractivity contribution in [2.45, 2.75) is 19.1 Å². The summed E-state index contributed by atoms with van der Waals surface area (Å²) < 4.78 is 26.8. The minimum atomic E-state index is -1.03. The van der Waals surface area contributed by atoms with Gasteiger partial charge < -0.3 is 30.5 Å². The molecule has 1 aliphatic heterocycles. The van der Waals surface area contributed by atoms with Gasteiger partial charge in [0.05, 0.1) is 25.0 Å². The van der Waals surface area contributed by atoms with E-state index in [-0.39, 0.29) is 35.0 Å². The van der Waals surface area contributed by atoms with Gasteiger partial charge in [0.15, 0.2) is 17.2 Å². The van der Waals surface area contributed by atoms with Gasteiger partial charge in [-0.2, -0.15) is 9.61 Å². The summed E-state index contributed by atoms with van der Waals surface area (Å²) in [5.41, 5.74) is 0.781. The minimum Gasteiger partial charge on any atom is -0.492 e. The fraction of sp³-hybridized carbons (Fsp3) is 0.316. The largest absolute Gasteiger partial charge is 0.492 e. The second-order valence-electron chi connectivity index (χ2n) is 6.82. The second kappa shape index (κ2) is 7.67. The van der Waals surface area contributed by atoms with Crippen molar-refractivity contribution in [1.29, 1.82) is 0 Å². The number of anilines is 3. The number of carbonyl (C=O) groups is 1. The van der Waals surface area contributed by atoms with Gasteiger partial charge in [-0.25, -0.2) is 9.37 Å². The molecule has 3 aromatic rings. The number of benzene rings is 1. The summed E-state index contributed by atoms with van der Waals surface area (Å²) in [6, 6.07) is 3.73. The number of amides is 1. The van der Waals surface area contributed by atoms with Crippen LogP contribution in [0.3, 0.4) is 0 Å². The average molecular weight is 416 g/mol. The summed E-state index contributed by atoms with van der Waals surface area (Å²) in [6.45, 7) is 1.49. The zero-order valence-electron chi connectivity index (χ0n) is 16.6. The number of hydrogen-bond donors (Lipinski definition) is 4. The number of fused-ring (bicyclic) bond motifs is 3. The number of halogens is 1. The van der Waals surface area contributed by atoms with Crippen LogP contribution in [0, 0.1) is 5.82 Å². The molecule has 0 radical (unpaired) electrons. The standard InChI is InChI=1S/C19H21FN6O4/c1-9-14(27)8-30-10-4-12(20)17(29-3)13(5-10)24-15-6-16(21-2)26-18(25-15)11(7-22-26)19(28)23-9/h4-7,9,14,21,27H,8H2,1-3H3,(H,23,28)(H,24,25)/t9-,14-/m1/s1. The van der Waals surface area contributed by atoms with Gasteiger partial charge in [-0.05, 0) is 6.92 Å². The van der Waals surface area contributed by atoms with Crippen molar-refractivity contribution in [3.63, 3.8) is 0 Å². The normalized spacial score (nSPS) is 18.9. The van der Waals surface area contributed by atoms with Crippen molar-refractivity contribution >= 4 is 28.9 Å². The first kappa shape index (κ1) is 19.7. The molecular weight excluding hydrogens is 395 g/mol. The van der Waals surface area contributed by atoms with Crippen LogP contribution in [0.2, 0.25) is 0 Å². The third-order valence-corrected chi connectivity index (χ3v) is 4.81. The van der Waals surface area contributed by atoms with Crippen LogP contribution in [0.1, 0.15) is 17.3 Å². The Kier molecular flexibility index (Phi) is 5.04. The van der Waals surface area contributed by atoms with Crippen LogP contribution in [0.5, 0.6) is 11.5 Å². The maximum atomic E-state index is 14.6. The van der Waals surface area contributed by atoms with Gasteiger partial charge in [0.2, 0.25) is 0 Å². The molecule has 30 heavy (non-hydrogen) atoms. The summed E-state index contributed by atoms with van der Waals surface area (Å²) in [7, 11) is 3.05. The Bertz CT molecular complexity index is 1120. The molecule has 4 N–H and O–H groups in total. The van der Waals surface area contributed by atoms with Gasteiger partial charge in [0.25, 0.3) is 5.91 Å². The number of nitrogens with one attached hydrogen (secondary N) is 3. The lowest BCUT2D eigenvalue weighted by Gasteiger charge is -2.21. The number of rotatable bonds is 2. The smallest absolute Gasteiger partial charge is 0.257 e. The summed E-state index contributed by atoms with van der Waals surface area (Å²) in [5.74, 6) is -0.0364. The van der Waals surface area contributed by atoms with Gasteiger partial charge in [-0.15, -0.1) is 0 Å². The molecular formula is C19H21FN6O4. The number of methoxy groups -OCH3 is 1. The first-order chi connectivity index (χ1) is 14.4. The highest BCUT2D eigenvalue weighted by molar-refractivity contribution is 6.00. The van der Waals surface area contributed by atoms with E-state index in [1.807, 2.05) is 0 Å². The summed E-state index contributed by atoms with van der Waals surface area (Å²) in [5, 5.41) is 23.3. The molecule has 0 aliphatic carbocycles. The first-order valence-corrected chi connectivity index (χ1v) is 9.24. The molecule has 1 aromatic carbocycles. The number of hydrogen-bond acceptors (Lipinski definition) is 8. The Morgan fingerprint density at radius 3 is 2.93 bits per heavy atom. The molecule has 2 aromatic heterocycles. The Morgan fingerprint density at radius 1 is 1.40 bits per heavy atom. The Labute approximate surface area is 171 Å². The lowest BCUT2D eigenvalue weighted by Crippen LogP contribution is -2.43. The number of aliphatic hydroxyl groups is 1. The van der Waals surface area contributed by atoms with Crippen molar-refractivity contribution in [2.24, 2.45) is 0 Å². The van der Waals surface area contributed by atoms with Gasteiger partial charge in [0, 0.05) is 25.2 Å². The molecule has 0 spiro atoms. The third kappa shape index (κ3) is 3.43. The van der Waals surface area contributed by atoms with E-state index in [1.54, 1.807) is 26.1 Å². The van der Waals surface area contributed by atoms with E-state index < -0.39 is 23.9 Å². The Hall–Kier alpha value is -3.60. The van der Waals surface area contributed by atoms with E-state index in [0.717, 1.165) is 6.07 Å². The zero-order chi connectivity index (χ0) is 21.4. The van der Waals surface area contributed by atoms with Crippen molar-refractivity contribution in [1.82, 2.24) is 19.9 Å². The maximum absolute atomic E-state index is 14.6. The predicted molar refractivity (Wildman–Crippen MR) is 107 cm³/mol. The molecule has 0 saturated heterocycles. The molecule has 158 valence electrons. The zero-order valence-corrected chi connectivity index (χ0v) is 16.6. The SMILES string of the molecule is CNc1cc2nc3c(cnn13)C(=O)N[C@H](C)[C@H](O)COc1cc(F)c(OC)c(c1)N2. The number of aromatic nitrogens is 3. The third-order valence-electron chi connectivity index (χ3n) is 4.81. The lowest BCUT2D eigenvalue weighted by molar-refractivity contribution is 0.0679. The van der Waals surface area contributed by atoms with Crippen molar-refractivity contribution in [2.75, 3.05) is 31.4 Å². The first-order valence-electron chi connectivity index (χ1n) is 9.24. The van der Waals surface area contributed by atoms with Gasteiger partial charge in [0.1, 0.15) is 35.7 Å². The Balaban J connectivity index is 1.92. The topological polar surface area (TPSA) is 122 Å². The predicted octanol–water partition coefficient (Wildman–Crippen LogP) is 1.53. The highest BCUT2D eigenvalue weighted by Crippen LogP contribution is 2.35. The van der Waals surface area contributed by atoms with Gasteiger partial charge >= 0.3 is 0 Å². The molecule has 11 heteroatoms. The van der Waals surface area contributed by atoms with E-state index in [0.29, 0.717) is 11.6 Å². The summed E-state index contributed by atoms with van der Waals surface area (Å²) in [6.07, 6.45) is 0.363. The van der Waals surface area contributed by atoms with Crippen LogP contribution >= 0.6 is 0 Å². The molecule has 4 bridgehead atoms. The van der Waals surface area contributed by atoms with Crippen LogP contribution in [-0.4, -0.2) is 58.5 Å². The number of carbonyl (C=O) groups excluding carboxylic acids is 1. The Morgan fingerprint density at radius 2 is 2.20 bits per heavy atom. The molecule has 2 atom stereocenters. The monoisotopic (exact) mass is 416 g/mol. The highest BCUT2D eigenvalue weighted by atomic mass is 19.1. The molecule has 0 saturated carbocycles. The highest BCUT2D eigenvalue weighted by Gasteiger charge is 2.24. The van der Waals surface area contributed by atoms with Crippen molar-refractivity contribution < 1.29 is 23.8 Å². The number of ether oxygens (including phenoxy) is 2. The second-order valence-corrected chi connectivity index (χ2v) is 6.82. The van der Waals surface area contributed by atoms with E-state index in [9.17, 15) is 14.3 Å². The van der Waals surface area contributed by atoms with Crippen LogP contribution in [-0.2, 0) is 0 Å². The molecule has 10 nitrogen and oxygen atoms in total. The molecule has 4 rings (SSSR count). The fourth-order valence-corrected chi connectivity index (χ4v) is 3.16. The molecule has 3 heterocycles. The molecule has 0 fully saturated rings. The average Bonchev–Trinajstić information content (AvgIpc) is 3.14. The van der Waals surface area contributed by atoms with Gasteiger partial charge in [-0.1, -0.05) is 0 Å². The number of nitrogens with zero attached hydrogens (tertiary/aromatic N) is 3. The maximum Gasteiger partial charge on any atom is 0.257 e. The summed E-state index contributed by atoms with van der Waals surface area (Å²) in [4.78, 5) is 17.2. The van der Waals surface area contributed by atoms with E-state index in [2.05, 4.69) is 26.0 Å².